The van der Waals surface area contributed by atoms with E-state index in [4.69, 9.17) is 9.15 Å². The fourth-order valence-electron chi connectivity index (χ4n) is 11.9. The molecule has 1 aliphatic heterocycles. The largest absolute Gasteiger partial charge is 0.484 e. The predicted octanol–water partition coefficient (Wildman–Crippen LogP) is 16.8. The van der Waals surface area contributed by atoms with E-state index in [1.54, 1.807) is 0 Å². The number of nitriles is 1. The third-order valence-electron chi connectivity index (χ3n) is 14.9. The second-order valence-electron chi connectivity index (χ2n) is 18.6. The number of hydrogen-bond acceptors (Lipinski definition) is 3. The van der Waals surface area contributed by atoms with Gasteiger partial charge in [0.25, 0.3) is 0 Å². The molecular weight excluding hydrogens is 841 g/mol. The molecule has 4 nitrogen and oxygen atoms in total. The molecule has 0 radical (unpaired) electrons. The van der Waals surface area contributed by atoms with Gasteiger partial charge in [-0.25, -0.2) is 0 Å². The van der Waals surface area contributed by atoms with Crippen LogP contribution in [-0.2, 0) is 0 Å². The first-order chi connectivity index (χ1) is 34.1. The number of aromatic nitrogens is 1. The van der Waals surface area contributed by atoms with E-state index < -0.39 is 0 Å². The molecule has 2 aliphatic rings. The van der Waals surface area contributed by atoms with Crippen molar-refractivity contribution in [1.29, 1.82) is 5.26 Å². The van der Waals surface area contributed by atoms with E-state index in [-0.39, 0.29) is 12.0 Å². The summed E-state index contributed by atoms with van der Waals surface area (Å²) in [6, 6.07) is 78.5. The number of fused-ring (bicyclic) bond motifs is 17. The lowest BCUT2D eigenvalue weighted by molar-refractivity contribution is 0.276. The molecule has 2 unspecified atom stereocenters. The third-order valence-corrected chi connectivity index (χ3v) is 14.9. The zero-order chi connectivity index (χ0) is 45.3. The first-order valence-electron chi connectivity index (χ1n) is 23.6. The molecule has 2 aromatic heterocycles. The van der Waals surface area contributed by atoms with Crippen LogP contribution in [-0.4, -0.2) is 10.7 Å². The van der Waals surface area contributed by atoms with E-state index in [1.165, 1.54) is 43.6 Å². The van der Waals surface area contributed by atoms with Gasteiger partial charge in [-0.2, -0.15) is 5.26 Å². The summed E-state index contributed by atoms with van der Waals surface area (Å²) in [6.45, 7) is 0. The molecule has 0 bridgehead atoms. The fraction of sp³-hybridized carbons (Fsp3) is 0.0308. The Labute approximate surface area is 396 Å². The normalized spacial score (nSPS) is 15.1. The zero-order valence-electron chi connectivity index (χ0n) is 37.2. The molecule has 69 heavy (non-hydrogen) atoms. The molecule has 0 N–H and O–H groups in total. The van der Waals surface area contributed by atoms with Gasteiger partial charge in [0.05, 0.1) is 28.6 Å². The Hall–Kier alpha value is -9.17. The van der Waals surface area contributed by atoms with Crippen LogP contribution in [0, 0.1) is 11.3 Å². The maximum atomic E-state index is 10.1. The van der Waals surface area contributed by atoms with Crippen molar-refractivity contribution in [1.82, 2.24) is 4.57 Å². The summed E-state index contributed by atoms with van der Waals surface area (Å²) < 4.78 is 16.6. The van der Waals surface area contributed by atoms with E-state index in [1.807, 2.05) is 18.2 Å². The number of furan rings is 1. The molecule has 0 amide bonds. The highest BCUT2D eigenvalue weighted by atomic mass is 16.5. The quantitative estimate of drug-likeness (QED) is 0.177. The van der Waals surface area contributed by atoms with Crippen LogP contribution in [0.4, 0.5) is 0 Å². The number of ether oxygens (including phenoxy) is 1. The van der Waals surface area contributed by atoms with Gasteiger partial charge in [0, 0.05) is 43.9 Å². The monoisotopic (exact) mass is 878 g/mol. The highest BCUT2D eigenvalue weighted by Crippen LogP contribution is 2.54. The Bertz CT molecular complexity index is 4430. The smallest absolute Gasteiger partial charge is 0.143 e. The lowest BCUT2D eigenvalue weighted by Crippen LogP contribution is -2.25. The van der Waals surface area contributed by atoms with Crippen molar-refractivity contribution in [2.45, 2.75) is 12.0 Å². The van der Waals surface area contributed by atoms with Crippen molar-refractivity contribution in [2.75, 3.05) is 0 Å². The van der Waals surface area contributed by atoms with Crippen molar-refractivity contribution in [3.63, 3.8) is 0 Å². The van der Waals surface area contributed by atoms with Crippen molar-refractivity contribution < 1.29 is 9.15 Å². The Morgan fingerprint density at radius 3 is 1.99 bits per heavy atom. The maximum Gasteiger partial charge on any atom is 0.143 e. The number of para-hydroxylation sites is 1. The molecule has 1 aliphatic carbocycles. The number of benzene rings is 11. The molecule has 320 valence electrons. The van der Waals surface area contributed by atoms with Crippen LogP contribution in [0.15, 0.2) is 217 Å². The van der Waals surface area contributed by atoms with Gasteiger partial charge in [0.1, 0.15) is 23.0 Å². The minimum Gasteiger partial charge on any atom is -0.484 e. The second-order valence-corrected chi connectivity index (χ2v) is 18.6. The average Bonchev–Trinajstić information content (AvgIpc) is 4.11. The third kappa shape index (κ3) is 5.56. The number of hydrogen-bond donors (Lipinski definition) is 0. The summed E-state index contributed by atoms with van der Waals surface area (Å²) >= 11 is 0. The predicted molar refractivity (Wildman–Crippen MR) is 283 cm³/mol. The minimum atomic E-state index is -0.256. The van der Waals surface area contributed by atoms with Gasteiger partial charge >= 0.3 is 0 Å². The average molecular weight is 879 g/mol. The van der Waals surface area contributed by atoms with E-state index in [9.17, 15) is 5.26 Å². The summed E-state index contributed by atoms with van der Waals surface area (Å²) in [5.74, 6) is 0.936. The van der Waals surface area contributed by atoms with Gasteiger partial charge < -0.3 is 13.7 Å². The lowest BCUT2D eigenvalue weighted by atomic mass is 9.75. The van der Waals surface area contributed by atoms with E-state index in [2.05, 4.69) is 211 Å². The van der Waals surface area contributed by atoms with Crippen molar-refractivity contribution in [2.24, 2.45) is 0 Å². The first kappa shape index (κ1) is 38.0. The molecule has 3 heterocycles. The Balaban J connectivity index is 1.02. The second kappa shape index (κ2) is 14.4. The van der Waals surface area contributed by atoms with E-state index in [0.717, 1.165) is 94.0 Å². The van der Waals surface area contributed by atoms with Gasteiger partial charge in [0.15, 0.2) is 0 Å². The molecule has 0 saturated heterocycles. The van der Waals surface area contributed by atoms with Gasteiger partial charge in [-0.1, -0.05) is 133 Å². The molecule has 0 spiro atoms. The molecule has 11 aromatic carbocycles. The summed E-state index contributed by atoms with van der Waals surface area (Å²) in [5.41, 5.74) is 15.7. The summed E-state index contributed by atoms with van der Waals surface area (Å²) in [6.07, 6.45) is 2.10. The van der Waals surface area contributed by atoms with Crippen molar-refractivity contribution >= 4 is 87.7 Å². The van der Waals surface area contributed by atoms with Gasteiger partial charge in [-0.15, -0.1) is 0 Å². The van der Waals surface area contributed by atoms with Crippen LogP contribution in [0.25, 0.3) is 116 Å². The first-order valence-corrected chi connectivity index (χ1v) is 23.6. The van der Waals surface area contributed by atoms with Crippen molar-refractivity contribution in [3.8, 4) is 39.8 Å². The van der Waals surface area contributed by atoms with Gasteiger partial charge in [0.2, 0.25) is 0 Å². The van der Waals surface area contributed by atoms with E-state index >= 15 is 0 Å². The maximum absolute atomic E-state index is 10.1. The minimum absolute atomic E-state index is 0.000214. The highest BCUT2D eigenvalue weighted by molar-refractivity contribution is 6.29. The van der Waals surface area contributed by atoms with Gasteiger partial charge in [-0.3, -0.25) is 0 Å². The van der Waals surface area contributed by atoms with Crippen LogP contribution in [0.3, 0.4) is 0 Å². The molecule has 4 heteroatoms. The Morgan fingerprint density at radius 2 is 1.14 bits per heavy atom. The molecule has 15 rings (SSSR count). The number of nitrogens with zero attached hydrogens (tertiary/aromatic N) is 2. The van der Waals surface area contributed by atoms with E-state index in [0.29, 0.717) is 5.56 Å². The molecule has 13 aromatic rings. The van der Waals surface area contributed by atoms with Crippen LogP contribution >= 0.6 is 0 Å². The Morgan fingerprint density at radius 1 is 0.478 bits per heavy atom. The SMILES string of the molecule is N#Cc1ccc2c(c1)c1cc(-c3cc(C4=Cc5ccccc5C5c6c(ccc7ccccc67)OC45)cc(-c4cc5ccccc5c5c4oc4ccc6ccccc6c45)c3)ccc1n2-c1ccccc1. The van der Waals surface area contributed by atoms with Crippen LogP contribution < -0.4 is 4.74 Å². The standard InChI is InChI=1S/C65H38N2O2/c66-37-38-22-26-56-54(30-38)55-34-41(23-27-57(55)67(56)47-16-2-1-3-17-47)44-31-45(52-35-42-14-6-10-20-50(42)62-60-48-18-8-4-12-39(48)24-28-58(60)68-64(52)62)33-46(32-44)53-36-43-15-7-11-21-51(43)63-61-49-19-9-5-13-40(49)25-29-59(61)69-65(53)63/h1-36,62,64H. The highest BCUT2D eigenvalue weighted by Gasteiger charge is 2.43. The molecule has 0 fully saturated rings. The Kier molecular flexibility index (Phi) is 7.94. The molecule has 2 atom stereocenters. The number of rotatable bonds is 4. The van der Waals surface area contributed by atoms with Gasteiger partial charge in [-0.05, 0) is 151 Å². The summed E-state index contributed by atoms with van der Waals surface area (Å²) in [4.78, 5) is 0. The summed E-state index contributed by atoms with van der Waals surface area (Å²) in [5, 5.41) is 21.6. The topological polar surface area (TPSA) is 51.1 Å². The zero-order valence-corrected chi connectivity index (χ0v) is 37.2. The summed E-state index contributed by atoms with van der Waals surface area (Å²) in [7, 11) is 0. The molecular formula is C65H38N2O2. The van der Waals surface area contributed by atoms with Crippen molar-refractivity contribution in [3.05, 3.63) is 240 Å². The lowest BCUT2D eigenvalue weighted by Gasteiger charge is -2.29. The molecule has 0 saturated carbocycles. The van der Waals surface area contributed by atoms with Crippen LogP contribution in [0.2, 0.25) is 0 Å². The fourth-order valence-corrected chi connectivity index (χ4v) is 11.9. The van der Waals surface area contributed by atoms with Crippen LogP contribution in [0.5, 0.6) is 5.75 Å². The van der Waals surface area contributed by atoms with Crippen LogP contribution in [0.1, 0.15) is 33.7 Å².